The van der Waals surface area contributed by atoms with Crippen LogP contribution in [0.4, 0.5) is 0 Å². The molecule has 0 spiro atoms. The lowest BCUT2D eigenvalue weighted by atomic mass is 10.0. The molecule has 138 valence electrons. The van der Waals surface area contributed by atoms with E-state index in [2.05, 4.69) is 10.00 Å². The number of esters is 1. The molecule has 0 aromatic carbocycles. The summed E-state index contributed by atoms with van der Waals surface area (Å²) in [6, 6.07) is 1.07. The first-order chi connectivity index (χ1) is 12.0. The van der Waals surface area contributed by atoms with Gasteiger partial charge in [0.1, 0.15) is 0 Å². The molecule has 0 radical (unpaired) electrons. The van der Waals surface area contributed by atoms with E-state index in [1.165, 1.54) is 18.2 Å². The summed E-state index contributed by atoms with van der Waals surface area (Å²) in [7, 11) is 1.37. The van der Waals surface area contributed by atoms with Crippen molar-refractivity contribution in [1.29, 1.82) is 0 Å². The van der Waals surface area contributed by atoms with E-state index in [4.69, 9.17) is 4.74 Å². The van der Waals surface area contributed by atoms with E-state index in [1.807, 2.05) is 13.8 Å². The van der Waals surface area contributed by atoms with E-state index in [9.17, 15) is 9.59 Å². The topological polar surface area (TPSA) is 64.4 Å². The van der Waals surface area contributed by atoms with Gasteiger partial charge in [0, 0.05) is 19.0 Å². The van der Waals surface area contributed by atoms with Gasteiger partial charge in [0.05, 0.1) is 12.8 Å². The minimum atomic E-state index is -0.645. The van der Waals surface area contributed by atoms with Crippen molar-refractivity contribution >= 4 is 5.97 Å². The molecule has 1 saturated carbocycles. The van der Waals surface area contributed by atoms with Crippen LogP contribution in [-0.2, 0) is 16.0 Å². The van der Waals surface area contributed by atoms with E-state index in [-0.39, 0.29) is 11.5 Å². The van der Waals surface area contributed by atoms with Crippen molar-refractivity contribution in [2.75, 3.05) is 26.7 Å². The summed E-state index contributed by atoms with van der Waals surface area (Å²) in [5.74, 6) is 0.351. The summed E-state index contributed by atoms with van der Waals surface area (Å²) < 4.78 is 6.29. The molecule has 6 heteroatoms. The normalized spacial score (nSPS) is 18.9. The van der Waals surface area contributed by atoms with Crippen molar-refractivity contribution in [1.82, 2.24) is 14.7 Å². The number of aromatic nitrogens is 2. The van der Waals surface area contributed by atoms with E-state index in [0.29, 0.717) is 12.3 Å². The molecule has 2 fully saturated rings. The Kier molecular flexibility index (Phi) is 5.57. The predicted molar refractivity (Wildman–Crippen MR) is 95.7 cm³/mol. The number of hydrogen-bond donors (Lipinski definition) is 0. The zero-order valence-corrected chi connectivity index (χ0v) is 15.5. The maximum atomic E-state index is 12.7. The summed E-state index contributed by atoms with van der Waals surface area (Å²) in [5, 5.41) is 4.66. The molecule has 0 unspecified atom stereocenters. The Morgan fingerprint density at radius 3 is 2.60 bits per heavy atom. The summed E-state index contributed by atoms with van der Waals surface area (Å²) in [6.45, 7) is 7.33. The molecule has 25 heavy (non-hydrogen) atoms. The monoisotopic (exact) mass is 347 g/mol. The number of likely N-dealkylation sites (tertiary alicyclic amines) is 1. The number of rotatable bonds is 8. The van der Waals surface area contributed by atoms with Gasteiger partial charge in [-0.1, -0.05) is 13.8 Å². The molecule has 2 heterocycles. The number of nitrogens with zero attached hydrogens (tertiary/aromatic N) is 3. The Labute approximate surface area is 149 Å². The molecule has 1 saturated heterocycles. The van der Waals surface area contributed by atoms with Crippen molar-refractivity contribution in [2.24, 2.45) is 5.92 Å². The van der Waals surface area contributed by atoms with Gasteiger partial charge < -0.3 is 9.64 Å². The molecule has 1 atom stereocenters. The first-order valence-corrected chi connectivity index (χ1v) is 9.42. The van der Waals surface area contributed by atoms with Crippen LogP contribution in [0.5, 0.6) is 0 Å². The number of methoxy groups -OCH3 is 1. The lowest BCUT2D eigenvalue weighted by molar-refractivity contribution is -0.145. The Morgan fingerprint density at radius 2 is 2.08 bits per heavy atom. The van der Waals surface area contributed by atoms with Gasteiger partial charge in [-0.15, -0.1) is 0 Å². The quantitative estimate of drug-likeness (QED) is 0.674. The standard InChI is InChI=1S/C19H29N3O3/c1-13(2)11-17(19(24)25-3)22-18(23)12-15(14-5-6-14)16(20-22)7-10-21-8-4-9-21/h12-14,17H,4-11H2,1-3H3/t17-/m0/s1. The van der Waals surface area contributed by atoms with Crippen molar-refractivity contribution in [3.8, 4) is 0 Å². The van der Waals surface area contributed by atoms with Crippen LogP contribution in [0.2, 0.25) is 0 Å². The maximum Gasteiger partial charge on any atom is 0.330 e. The van der Waals surface area contributed by atoms with Gasteiger partial charge in [-0.2, -0.15) is 5.10 Å². The van der Waals surface area contributed by atoms with Crippen LogP contribution in [0.1, 0.15) is 62.7 Å². The highest BCUT2D eigenvalue weighted by molar-refractivity contribution is 5.73. The highest BCUT2D eigenvalue weighted by Crippen LogP contribution is 2.41. The maximum absolute atomic E-state index is 12.7. The molecule has 1 aliphatic heterocycles. The largest absolute Gasteiger partial charge is 0.467 e. The fourth-order valence-electron chi connectivity index (χ4n) is 3.43. The van der Waals surface area contributed by atoms with Crippen LogP contribution in [0, 0.1) is 5.92 Å². The van der Waals surface area contributed by atoms with Crippen LogP contribution in [-0.4, -0.2) is 47.4 Å². The third-order valence-electron chi connectivity index (χ3n) is 5.16. The first-order valence-electron chi connectivity index (χ1n) is 9.42. The average Bonchev–Trinajstić information content (AvgIpc) is 3.36. The van der Waals surface area contributed by atoms with Gasteiger partial charge in [0.2, 0.25) is 0 Å². The summed E-state index contributed by atoms with van der Waals surface area (Å²) in [6.07, 6.45) is 4.92. The molecular formula is C19H29N3O3. The molecule has 1 aromatic heterocycles. The average molecular weight is 347 g/mol. The predicted octanol–water partition coefficient (Wildman–Crippen LogP) is 2.13. The minimum absolute atomic E-state index is 0.189. The SMILES string of the molecule is COC(=O)[C@H](CC(C)C)n1nc(CCN2CCC2)c(C2CC2)cc1=O. The van der Waals surface area contributed by atoms with Gasteiger partial charge in [-0.3, -0.25) is 4.79 Å². The molecule has 0 amide bonds. The van der Waals surface area contributed by atoms with Crippen LogP contribution < -0.4 is 5.56 Å². The summed E-state index contributed by atoms with van der Waals surface area (Å²) in [4.78, 5) is 27.3. The summed E-state index contributed by atoms with van der Waals surface area (Å²) in [5.41, 5.74) is 1.88. The molecule has 0 bridgehead atoms. The minimum Gasteiger partial charge on any atom is -0.467 e. The number of hydrogen-bond acceptors (Lipinski definition) is 5. The fourth-order valence-corrected chi connectivity index (χ4v) is 3.43. The smallest absolute Gasteiger partial charge is 0.330 e. The number of ether oxygens (including phenoxy) is 1. The zero-order valence-electron chi connectivity index (χ0n) is 15.5. The number of carbonyl (C=O) groups excluding carboxylic acids is 1. The van der Waals surface area contributed by atoms with Gasteiger partial charge in [-0.25, -0.2) is 9.48 Å². The molecule has 1 aliphatic carbocycles. The van der Waals surface area contributed by atoms with Gasteiger partial charge >= 0.3 is 5.97 Å². The molecular weight excluding hydrogens is 318 g/mol. The fraction of sp³-hybridized carbons (Fsp3) is 0.737. The molecule has 6 nitrogen and oxygen atoms in total. The third-order valence-corrected chi connectivity index (χ3v) is 5.16. The van der Waals surface area contributed by atoms with Gasteiger partial charge in [-0.05, 0) is 56.2 Å². The van der Waals surface area contributed by atoms with Crippen LogP contribution in [0.25, 0.3) is 0 Å². The zero-order chi connectivity index (χ0) is 18.0. The van der Waals surface area contributed by atoms with Crippen LogP contribution in [0.3, 0.4) is 0 Å². The molecule has 3 rings (SSSR count). The second-order valence-electron chi connectivity index (χ2n) is 7.72. The van der Waals surface area contributed by atoms with Crippen molar-refractivity contribution in [3.63, 3.8) is 0 Å². The highest BCUT2D eigenvalue weighted by Gasteiger charge is 2.31. The molecule has 0 N–H and O–H groups in total. The Morgan fingerprint density at radius 1 is 1.36 bits per heavy atom. The Hall–Kier alpha value is -1.69. The molecule has 1 aromatic rings. The number of carbonyl (C=O) groups is 1. The van der Waals surface area contributed by atoms with Gasteiger partial charge in [0.25, 0.3) is 5.56 Å². The highest BCUT2D eigenvalue weighted by atomic mass is 16.5. The van der Waals surface area contributed by atoms with Crippen LogP contribution in [0.15, 0.2) is 10.9 Å². The second-order valence-corrected chi connectivity index (χ2v) is 7.72. The van der Waals surface area contributed by atoms with E-state index in [1.54, 1.807) is 6.07 Å². The lowest BCUT2D eigenvalue weighted by Gasteiger charge is -2.30. The van der Waals surface area contributed by atoms with Gasteiger partial charge in [0.15, 0.2) is 6.04 Å². The van der Waals surface area contributed by atoms with E-state index in [0.717, 1.165) is 50.2 Å². The van der Waals surface area contributed by atoms with E-state index >= 15 is 0 Å². The Bertz CT molecular complexity index is 675. The molecule has 2 aliphatic rings. The van der Waals surface area contributed by atoms with Crippen molar-refractivity contribution in [2.45, 2.75) is 57.9 Å². The van der Waals surface area contributed by atoms with Crippen molar-refractivity contribution in [3.05, 3.63) is 27.7 Å². The van der Waals surface area contributed by atoms with E-state index < -0.39 is 12.0 Å². The third kappa shape index (κ3) is 4.29. The second kappa shape index (κ2) is 7.68. The summed E-state index contributed by atoms with van der Waals surface area (Å²) >= 11 is 0. The Balaban J connectivity index is 1.90. The van der Waals surface area contributed by atoms with Crippen LogP contribution >= 0.6 is 0 Å². The van der Waals surface area contributed by atoms with Crippen molar-refractivity contribution < 1.29 is 9.53 Å². The first kappa shape index (κ1) is 18.1. The lowest BCUT2D eigenvalue weighted by Crippen LogP contribution is -2.39.